The van der Waals surface area contributed by atoms with E-state index in [1.54, 1.807) is 13.1 Å². The van der Waals surface area contributed by atoms with E-state index >= 15 is 0 Å². The summed E-state index contributed by atoms with van der Waals surface area (Å²) in [7, 11) is 0. The van der Waals surface area contributed by atoms with Gasteiger partial charge in [0.05, 0.1) is 12.3 Å². The van der Waals surface area contributed by atoms with Gasteiger partial charge in [0.15, 0.2) is 0 Å². The minimum Gasteiger partial charge on any atom is -0.389 e. The SMILES string of the molecule is CCCCCCCCCCn1cc(C(C)O)cn1. The van der Waals surface area contributed by atoms with E-state index in [9.17, 15) is 5.11 Å². The molecular weight excluding hydrogens is 224 g/mol. The Labute approximate surface area is 111 Å². The smallest absolute Gasteiger partial charge is 0.0792 e. The Morgan fingerprint density at radius 2 is 1.72 bits per heavy atom. The zero-order valence-electron chi connectivity index (χ0n) is 11.9. The zero-order chi connectivity index (χ0) is 13.2. The third-order valence-corrected chi connectivity index (χ3v) is 3.38. The molecule has 0 aliphatic rings. The topological polar surface area (TPSA) is 38.0 Å². The first-order valence-corrected chi connectivity index (χ1v) is 7.44. The number of nitrogens with zero attached hydrogens (tertiary/aromatic N) is 2. The van der Waals surface area contributed by atoms with Gasteiger partial charge in [-0.05, 0) is 13.3 Å². The highest BCUT2D eigenvalue weighted by Crippen LogP contribution is 2.11. The number of aromatic nitrogens is 2. The lowest BCUT2D eigenvalue weighted by Crippen LogP contribution is -1.98. The summed E-state index contributed by atoms with van der Waals surface area (Å²) in [6.07, 6.45) is 14.0. The summed E-state index contributed by atoms with van der Waals surface area (Å²) in [5, 5.41) is 13.6. The molecule has 0 aliphatic heterocycles. The van der Waals surface area contributed by atoms with Gasteiger partial charge in [0, 0.05) is 18.3 Å². The predicted octanol–water partition coefficient (Wildman–Crippen LogP) is 4.08. The maximum absolute atomic E-state index is 9.40. The van der Waals surface area contributed by atoms with Crippen LogP contribution in [-0.2, 0) is 6.54 Å². The molecule has 3 nitrogen and oxygen atoms in total. The van der Waals surface area contributed by atoms with Crippen LogP contribution in [0.1, 0.15) is 76.9 Å². The summed E-state index contributed by atoms with van der Waals surface area (Å²) < 4.78 is 1.94. The lowest BCUT2D eigenvalue weighted by Gasteiger charge is -2.02. The highest BCUT2D eigenvalue weighted by atomic mass is 16.3. The summed E-state index contributed by atoms with van der Waals surface area (Å²) in [4.78, 5) is 0. The van der Waals surface area contributed by atoms with Gasteiger partial charge in [-0.15, -0.1) is 0 Å². The van der Waals surface area contributed by atoms with Gasteiger partial charge in [-0.25, -0.2) is 0 Å². The van der Waals surface area contributed by atoms with Gasteiger partial charge in [0.2, 0.25) is 0 Å². The normalized spacial score (nSPS) is 12.8. The number of aliphatic hydroxyl groups excluding tert-OH is 1. The van der Waals surface area contributed by atoms with Crippen molar-refractivity contribution < 1.29 is 5.11 Å². The van der Waals surface area contributed by atoms with E-state index in [2.05, 4.69) is 12.0 Å². The molecule has 3 heteroatoms. The molecule has 1 N–H and O–H groups in total. The van der Waals surface area contributed by atoms with Crippen molar-refractivity contribution in [3.05, 3.63) is 18.0 Å². The second-order valence-electron chi connectivity index (χ2n) is 5.19. The van der Waals surface area contributed by atoms with E-state index in [1.165, 1.54) is 51.4 Å². The first kappa shape index (κ1) is 15.2. The molecule has 0 radical (unpaired) electrons. The summed E-state index contributed by atoms with van der Waals surface area (Å²) in [6.45, 7) is 5.00. The molecule has 0 bridgehead atoms. The average Bonchev–Trinajstić information content (AvgIpc) is 2.81. The Bertz CT molecular complexity index is 307. The molecule has 104 valence electrons. The molecule has 1 heterocycles. The molecular formula is C15H28N2O. The van der Waals surface area contributed by atoms with Crippen LogP contribution in [0.4, 0.5) is 0 Å². The minimum absolute atomic E-state index is 0.405. The van der Waals surface area contributed by atoms with E-state index in [0.29, 0.717) is 0 Å². The number of unbranched alkanes of at least 4 members (excludes halogenated alkanes) is 7. The van der Waals surface area contributed by atoms with E-state index in [4.69, 9.17) is 0 Å². The van der Waals surface area contributed by atoms with E-state index in [-0.39, 0.29) is 0 Å². The largest absolute Gasteiger partial charge is 0.389 e. The molecule has 18 heavy (non-hydrogen) atoms. The summed E-state index contributed by atoms with van der Waals surface area (Å²) >= 11 is 0. The Morgan fingerprint density at radius 1 is 1.11 bits per heavy atom. The Balaban J connectivity index is 2.00. The van der Waals surface area contributed by atoms with Crippen LogP contribution in [0, 0.1) is 0 Å². The van der Waals surface area contributed by atoms with Crippen LogP contribution in [0.2, 0.25) is 0 Å². The summed E-state index contributed by atoms with van der Waals surface area (Å²) in [5.41, 5.74) is 0.912. The molecule has 0 spiro atoms. The fourth-order valence-electron chi connectivity index (χ4n) is 2.13. The van der Waals surface area contributed by atoms with Crippen molar-refractivity contribution in [2.75, 3.05) is 0 Å². The molecule has 0 saturated heterocycles. The van der Waals surface area contributed by atoms with Gasteiger partial charge in [-0.3, -0.25) is 4.68 Å². The van der Waals surface area contributed by atoms with E-state index in [0.717, 1.165) is 12.1 Å². The second kappa shape index (κ2) is 9.15. The molecule has 0 aromatic carbocycles. The quantitative estimate of drug-likeness (QED) is 0.637. The number of hydrogen-bond acceptors (Lipinski definition) is 2. The lowest BCUT2D eigenvalue weighted by molar-refractivity contribution is 0.199. The van der Waals surface area contributed by atoms with Crippen LogP contribution in [0.3, 0.4) is 0 Å². The predicted molar refractivity (Wildman–Crippen MR) is 75.5 cm³/mol. The fraction of sp³-hybridized carbons (Fsp3) is 0.800. The van der Waals surface area contributed by atoms with Gasteiger partial charge in [-0.1, -0.05) is 51.9 Å². The van der Waals surface area contributed by atoms with E-state index in [1.807, 2.05) is 10.9 Å². The van der Waals surface area contributed by atoms with Crippen molar-refractivity contribution in [1.82, 2.24) is 9.78 Å². The standard InChI is InChI=1S/C15H28N2O/c1-3-4-5-6-7-8-9-10-11-17-13-15(12-16-17)14(2)18/h12-14,18H,3-11H2,1-2H3. The molecule has 1 unspecified atom stereocenters. The Hall–Kier alpha value is -0.830. The van der Waals surface area contributed by atoms with Gasteiger partial charge in [-0.2, -0.15) is 5.10 Å². The number of aliphatic hydroxyl groups is 1. The molecule has 0 amide bonds. The highest BCUT2D eigenvalue weighted by molar-refractivity contribution is 5.06. The summed E-state index contributed by atoms with van der Waals surface area (Å²) in [6, 6.07) is 0. The lowest BCUT2D eigenvalue weighted by atomic mass is 10.1. The van der Waals surface area contributed by atoms with Crippen LogP contribution in [0.15, 0.2) is 12.4 Å². The van der Waals surface area contributed by atoms with Crippen LogP contribution in [-0.4, -0.2) is 14.9 Å². The third kappa shape index (κ3) is 6.20. The van der Waals surface area contributed by atoms with Gasteiger partial charge < -0.3 is 5.11 Å². The highest BCUT2D eigenvalue weighted by Gasteiger charge is 2.03. The minimum atomic E-state index is -0.405. The molecule has 0 fully saturated rings. The molecule has 0 aliphatic carbocycles. The van der Waals surface area contributed by atoms with Gasteiger partial charge in [0.25, 0.3) is 0 Å². The average molecular weight is 252 g/mol. The van der Waals surface area contributed by atoms with Crippen LogP contribution < -0.4 is 0 Å². The van der Waals surface area contributed by atoms with Crippen molar-refractivity contribution in [3.63, 3.8) is 0 Å². The molecule has 0 saturated carbocycles. The van der Waals surface area contributed by atoms with Crippen molar-refractivity contribution in [2.24, 2.45) is 0 Å². The fourth-order valence-corrected chi connectivity index (χ4v) is 2.13. The monoisotopic (exact) mass is 252 g/mol. The number of rotatable bonds is 10. The maximum atomic E-state index is 9.40. The summed E-state index contributed by atoms with van der Waals surface area (Å²) in [5.74, 6) is 0. The van der Waals surface area contributed by atoms with Crippen LogP contribution in [0.25, 0.3) is 0 Å². The van der Waals surface area contributed by atoms with Gasteiger partial charge >= 0.3 is 0 Å². The number of hydrogen-bond donors (Lipinski definition) is 1. The van der Waals surface area contributed by atoms with Crippen LogP contribution >= 0.6 is 0 Å². The van der Waals surface area contributed by atoms with Gasteiger partial charge in [0.1, 0.15) is 0 Å². The first-order chi connectivity index (χ1) is 8.74. The molecule has 1 aromatic heterocycles. The molecule has 1 aromatic rings. The van der Waals surface area contributed by atoms with Crippen molar-refractivity contribution >= 4 is 0 Å². The third-order valence-electron chi connectivity index (χ3n) is 3.38. The number of aryl methyl sites for hydroxylation is 1. The Kier molecular flexibility index (Phi) is 7.74. The maximum Gasteiger partial charge on any atom is 0.0792 e. The van der Waals surface area contributed by atoms with Crippen molar-refractivity contribution in [1.29, 1.82) is 0 Å². The first-order valence-electron chi connectivity index (χ1n) is 7.44. The molecule has 1 atom stereocenters. The second-order valence-corrected chi connectivity index (χ2v) is 5.19. The van der Waals surface area contributed by atoms with Crippen molar-refractivity contribution in [2.45, 2.75) is 77.9 Å². The van der Waals surface area contributed by atoms with E-state index < -0.39 is 6.10 Å². The van der Waals surface area contributed by atoms with Crippen LogP contribution in [0.5, 0.6) is 0 Å². The zero-order valence-corrected chi connectivity index (χ0v) is 11.9. The van der Waals surface area contributed by atoms with Crippen molar-refractivity contribution in [3.8, 4) is 0 Å². The Morgan fingerprint density at radius 3 is 2.28 bits per heavy atom. The molecule has 1 rings (SSSR count).